The van der Waals surface area contributed by atoms with Crippen molar-refractivity contribution in [3.05, 3.63) is 53.1 Å². The highest BCUT2D eigenvalue weighted by Crippen LogP contribution is 2.22. The van der Waals surface area contributed by atoms with Gasteiger partial charge in [-0.25, -0.2) is 9.78 Å². The molecule has 0 spiro atoms. The Balaban J connectivity index is 0.000000276. The molecule has 12 nitrogen and oxygen atoms in total. The Labute approximate surface area is 230 Å². The first-order valence-electron chi connectivity index (χ1n) is 12.7. The Bertz CT molecular complexity index is 1250. The second-order valence-electron chi connectivity index (χ2n) is 9.59. The van der Waals surface area contributed by atoms with Gasteiger partial charge in [-0.15, -0.1) is 11.3 Å². The van der Waals surface area contributed by atoms with Gasteiger partial charge < -0.3 is 20.4 Å². The number of pyridine rings is 1. The van der Waals surface area contributed by atoms with Crippen LogP contribution in [0.4, 0.5) is 0 Å². The third-order valence-electron chi connectivity index (χ3n) is 6.71. The number of carboxylic acids is 3. The van der Waals surface area contributed by atoms with Gasteiger partial charge in [0.2, 0.25) is 0 Å². The molecule has 212 valence electrons. The van der Waals surface area contributed by atoms with Crippen LogP contribution in [0.3, 0.4) is 0 Å². The largest absolute Gasteiger partial charge is 0.481 e. The summed E-state index contributed by atoms with van der Waals surface area (Å²) in [6, 6.07) is 6.84. The number of fused-ring (bicyclic) bond motifs is 1. The van der Waals surface area contributed by atoms with Crippen molar-refractivity contribution in [2.24, 2.45) is 0 Å². The molecular formula is C26H35N5O7S. The van der Waals surface area contributed by atoms with Gasteiger partial charge in [0.25, 0.3) is 0 Å². The molecule has 3 aromatic heterocycles. The van der Waals surface area contributed by atoms with Crippen LogP contribution in [0.25, 0.3) is 4.96 Å². The Morgan fingerprint density at radius 2 is 1.87 bits per heavy atom. The van der Waals surface area contributed by atoms with E-state index in [-0.39, 0.29) is 0 Å². The van der Waals surface area contributed by atoms with Gasteiger partial charge in [0.15, 0.2) is 10.6 Å². The summed E-state index contributed by atoms with van der Waals surface area (Å²) < 4.78 is 2.25. The summed E-state index contributed by atoms with van der Waals surface area (Å²) in [5.41, 5.74) is 0.842. The first-order valence-corrected chi connectivity index (χ1v) is 13.6. The van der Waals surface area contributed by atoms with E-state index in [1.165, 1.54) is 25.1 Å². The zero-order chi connectivity index (χ0) is 28.6. The minimum Gasteiger partial charge on any atom is -0.481 e. The van der Waals surface area contributed by atoms with Crippen molar-refractivity contribution >= 4 is 34.2 Å². The minimum absolute atomic E-state index is 0.648. The predicted octanol–water partition coefficient (Wildman–Crippen LogP) is 2.34. The maximum Gasteiger partial charge on any atom is 0.336 e. The molecule has 1 aliphatic heterocycles. The van der Waals surface area contributed by atoms with Crippen LogP contribution in [0.2, 0.25) is 0 Å². The van der Waals surface area contributed by atoms with E-state index < -0.39 is 36.4 Å². The second-order valence-corrected chi connectivity index (χ2v) is 10.5. The van der Waals surface area contributed by atoms with Crippen molar-refractivity contribution in [1.29, 1.82) is 0 Å². The fourth-order valence-corrected chi connectivity index (χ4v) is 5.56. The van der Waals surface area contributed by atoms with Crippen molar-refractivity contribution in [1.82, 2.24) is 24.2 Å². The number of carboxylic acid groups (broad SMARTS) is 3. The van der Waals surface area contributed by atoms with E-state index in [1.54, 1.807) is 11.3 Å². The molecule has 1 aliphatic rings. The number of carbonyl (C=O) groups is 3. The van der Waals surface area contributed by atoms with E-state index in [4.69, 9.17) is 25.4 Å². The van der Waals surface area contributed by atoms with Gasteiger partial charge in [0.05, 0.1) is 29.9 Å². The highest BCUT2D eigenvalue weighted by Gasteiger charge is 2.40. The molecule has 4 N–H and O–H groups in total. The molecule has 4 heterocycles. The third-order valence-corrected chi connectivity index (χ3v) is 7.46. The number of aromatic nitrogens is 3. The molecule has 1 fully saturated rings. The van der Waals surface area contributed by atoms with Gasteiger partial charge in [-0.2, -0.15) is 0 Å². The lowest BCUT2D eigenvalue weighted by atomic mass is 9.96. The number of imidazole rings is 1. The average molecular weight is 562 g/mol. The summed E-state index contributed by atoms with van der Waals surface area (Å²) in [7, 11) is 0. The second kappa shape index (κ2) is 13.6. The summed E-state index contributed by atoms with van der Waals surface area (Å²) in [6.45, 7) is 9.66. The lowest BCUT2D eigenvalue weighted by Gasteiger charge is -2.30. The first-order chi connectivity index (χ1) is 18.5. The lowest BCUT2D eigenvalue weighted by Crippen LogP contribution is -2.42. The number of thiazole rings is 1. The summed E-state index contributed by atoms with van der Waals surface area (Å²) in [4.78, 5) is 46.0. The van der Waals surface area contributed by atoms with Crippen molar-refractivity contribution in [3.63, 3.8) is 0 Å². The number of rotatable bonds is 12. The van der Waals surface area contributed by atoms with E-state index in [1.807, 2.05) is 12.3 Å². The third kappa shape index (κ3) is 8.30. The number of aryl methyl sites for hydroxylation is 1. The number of likely N-dealkylation sites (N-methyl/N-ethyl adjacent to an activating group) is 1. The maximum absolute atomic E-state index is 10.3. The lowest BCUT2D eigenvalue weighted by molar-refractivity contribution is -0.170. The zero-order valence-corrected chi connectivity index (χ0v) is 22.9. The normalized spacial score (nSPS) is 15.8. The zero-order valence-electron chi connectivity index (χ0n) is 22.1. The van der Waals surface area contributed by atoms with Crippen LogP contribution in [-0.2, 0) is 27.5 Å². The van der Waals surface area contributed by atoms with Crippen LogP contribution in [0.1, 0.15) is 49.7 Å². The molecule has 39 heavy (non-hydrogen) atoms. The van der Waals surface area contributed by atoms with Crippen LogP contribution < -0.4 is 0 Å². The van der Waals surface area contributed by atoms with E-state index >= 15 is 0 Å². The summed E-state index contributed by atoms with van der Waals surface area (Å²) in [6.07, 6.45) is 4.36. The molecule has 0 bridgehead atoms. The number of aliphatic carboxylic acids is 3. The van der Waals surface area contributed by atoms with E-state index in [0.29, 0.717) is 6.04 Å². The fourth-order valence-electron chi connectivity index (χ4n) is 4.78. The van der Waals surface area contributed by atoms with Crippen molar-refractivity contribution in [2.45, 2.75) is 64.3 Å². The topological polar surface area (TPSA) is 169 Å². The van der Waals surface area contributed by atoms with Crippen LogP contribution in [0, 0.1) is 6.92 Å². The van der Waals surface area contributed by atoms with Crippen LogP contribution in [-0.4, -0.2) is 93.8 Å². The van der Waals surface area contributed by atoms with Crippen molar-refractivity contribution < 1.29 is 34.8 Å². The first kappa shape index (κ1) is 30.2. The van der Waals surface area contributed by atoms with Gasteiger partial charge >= 0.3 is 17.9 Å². The van der Waals surface area contributed by atoms with Crippen LogP contribution >= 0.6 is 11.3 Å². The molecule has 1 saturated heterocycles. The minimum atomic E-state index is -2.74. The molecule has 1 unspecified atom stereocenters. The molecule has 1 atom stereocenters. The number of nitrogens with zero attached hydrogens (tertiary/aromatic N) is 5. The molecular weight excluding hydrogens is 526 g/mol. The van der Waals surface area contributed by atoms with Crippen LogP contribution in [0.5, 0.6) is 0 Å². The Morgan fingerprint density at radius 1 is 1.15 bits per heavy atom. The van der Waals surface area contributed by atoms with Gasteiger partial charge in [-0.1, -0.05) is 13.0 Å². The molecule has 0 saturated carbocycles. The summed E-state index contributed by atoms with van der Waals surface area (Å²) in [5, 5.41) is 35.9. The van der Waals surface area contributed by atoms with Gasteiger partial charge in [-0.3, -0.25) is 28.8 Å². The fraction of sp³-hybridized carbons (Fsp3) is 0.500. The highest BCUT2D eigenvalue weighted by atomic mass is 32.1. The molecule has 4 rings (SSSR count). The monoisotopic (exact) mass is 561 g/mol. The van der Waals surface area contributed by atoms with E-state index in [0.717, 1.165) is 42.5 Å². The predicted molar refractivity (Wildman–Crippen MR) is 144 cm³/mol. The SMILES string of the molecule is CCN1CCCC1CN(Cc1ccccn1)Cc1c(C)nc2sccn12.O=C(O)CC(O)(CC(=O)O)C(=O)O. The number of aliphatic hydroxyl groups is 1. The maximum atomic E-state index is 10.3. The number of likely N-dealkylation sites (tertiary alicyclic amines) is 1. The molecule has 3 aromatic rings. The Morgan fingerprint density at radius 3 is 2.46 bits per heavy atom. The summed E-state index contributed by atoms with van der Waals surface area (Å²) in [5.74, 6) is -5.02. The smallest absolute Gasteiger partial charge is 0.336 e. The number of hydrogen-bond acceptors (Lipinski definition) is 9. The Kier molecular flexibility index (Phi) is 10.5. The van der Waals surface area contributed by atoms with Gasteiger partial charge in [-0.05, 0) is 45.0 Å². The molecule has 0 aliphatic carbocycles. The van der Waals surface area contributed by atoms with E-state index in [2.05, 4.69) is 56.7 Å². The average Bonchev–Trinajstić information content (AvgIpc) is 3.57. The Hall–Kier alpha value is -3.39. The summed E-state index contributed by atoms with van der Waals surface area (Å²) >= 11 is 1.70. The van der Waals surface area contributed by atoms with E-state index in [9.17, 15) is 14.4 Å². The quantitative estimate of drug-likeness (QED) is 0.256. The van der Waals surface area contributed by atoms with Gasteiger partial charge in [0, 0.05) is 43.4 Å². The molecule has 0 aromatic carbocycles. The standard InChI is InChI=1S/C20H27N5S.C6H8O7/c1-3-24-10-6-8-18(24)14-23(13-17-7-4-5-9-21-17)15-19-16(2)22-20-25(19)11-12-26-20;7-3(8)1-6(13,5(11)12)2-4(9)10/h4-5,7,9,11-12,18H,3,6,8,10,13-15H2,1-2H3;13H,1-2H2,(H,7,8)(H,9,10)(H,11,12). The van der Waals surface area contributed by atoms with Crippen molar-refractivity contribution in [3.8, 4) is 0 Å². The van der Waals surface area contributed by atoms with Crippen LogP contribution in [0.15, 0.2) is 36.0 Å². The van der Waals surface area contributed by atoms with Crippen molar-refractivity contribution in [2.75, 3.05) is 19.6 Å². The number of hydrogen-bond donors (Lipinski definition) is 4. The highest BCUT2D eigenvalue weighted by molar-refractivity contribution is 7.15. The molecule has 13 heteroatoms. The molecule has 0 amide bonds. The molecule has 0 radical (unpaired) electrons. The van der Waals surface area contributed by atoms with Gasteiger partial charge in [0.1, 0.15) is 0 Å².